The second kappa shape index (κ2) is 6.15. The third-order valence-corrected chi connectivity index (χ3v) is 2.43. The summed E-state index contributed by atoms with van der Waals surface area (Å²) in [4.78, 5) is 24.7. The van der Waals surface area contributed by atoms with Gasteiger partial charge in [-0.1, -0.05) is 0 Å². The maximum atomic E-state index is 12.0. The Balaban J connectivity index is 2.86. The molecule has 0 unspecified atom stereocenters. The first-order valence-corrected chi connectivity index (χ1v) is 5.54. The molecule has 0 saturated heterocycles. The van der Waals surface area contributed by atoms with Gasteiger partial charge in [-0.05, 0) is 19.4 Å². The van der Waals surface area contributed by atoms with Crippen molar-refractivity contribution < 1.29 is 9.90 Å². The van der Waals surface area contributed by atoms with Gasteiger partial charge in [0.2, 0.25) is 0 Å². The average molecular weight is 239 g/mol. The molecular formula is C11H17N3O3. The van der Waals surface area contributed by atoms with E-state index in [1.165, 1.54) is 19.2 Å². The Labute approximate surface area is 99.5 Å². The molecule has 1 heterocycles. The summed E-state index contributed by atoms with van der Waals surface area (Å²) in [5.74, 6) is -0.225. The van der Waals surface area contributed by atoms with E-state index in [2.05, 4.69) is 5.10 Å². The van der Waals surface area contributed by atoms with Crippen LogP contribution in [0.25, 0.3) is 0 Å². The zero-order valence-corrected chi connectivity index (χ0v) is 10.1. The minimum absolute atomic E-state index is 0.0461. The summed E-state index contributed by atoms with van der Waals surface area (Å²) in [5.41, 5.74) is -0.00755. The molecule has 0 radical (unpaired) electrons. The summed E-state index contributed by atoms with van der Waals surface area (Å²) in [6.45, 7) is 2.93. The number of aliphatic hydroxyl groups excluding tert-OH is 1. The molecule has 0 atom stereocenters. The molecule has 0 aliphatic carbocycles. The highest BCUT2D eigenvalue weighted by Crippen LogP contribution is 2.00. The second-order valence-electron chi connectivity index (χ2n) is 3.64. The highest BCUT2D eigenvalue weighted by molar-refractivity contribution is 5.92. The van der Waals surface area contributed by atoms with Crippen LogP contribution in [0.3, 0.4) is 0 Å². The first-order chi connectivity index (χ1) is 8.10. The second-order valence-corrected chi connectivity index (χ2v) is 3.64. The molecule has 0 spiro atoms. The maximum absolute atomic E-state index is 12.0. The smallest absolute Gasteiger partial charge is 0.274 e. The van der Waals surface area contributed by atoms with E-state index in [1.54, 1.807) is 4.90 Å². The van der Waals surface area contributed by atoms with Crippen molar-refractivity contribution in [1.29, 1.82) is 0 Å². The van der Waals surface area contributed by atoms with Gasteiger partial charge in [0.05, 0.1) is 0 Å². The monoisotopic (exact) mass is 239 g/mol. The number of nitrogens with zero attached hydrogens (tertiary/aromatic N) is 3. The van der Waals surface area contributed by atoms with Gasteiger partial charge in [-0.2, -0.15) is 5.10 Å². The van der Waals surface area contributed by atoms with Gasteiger partial charge in [0.25, 0.3) is 11.5 Å². The lowest BCUT2D eigenvalue weighted by Gasteiger charge is -2.19. The van der Waals surface area contributed by atoms with Gasteiger partial charge in [0.1, 0.15) is 5.69 Å². The highest BCUT2D eigenvalue weighted by Gasteiger charge is 2.15. The molecule has 0 aliphatic heterocycles. The number of carbonyl (C=O) groups excluding carboxylic acids is 1. The SMILES string of the molecule is CCN(CCCO)C(=O)c1ccc(=O)n(C)n1. The molecule has 0 bridgehead atoms. The molecule has 1 aromatic rings. The van der Waals surface area contributed by atoms with Crippen LogP contribution >= 0.6 is 0 Å². The molecule has 1 rings (SSSR count). The highest BCUT2D eigenvalue weighted by atomic mass is 16.3. The molecular weight excluding hydrogens is 222 g/mol. The summed E-state index contributed by atoms with van der Waals surface area (Å²) in [7, 11) is 1.50. The van der Waals surface area contributed by atoms with E-state index in [-0.39, 0.29) is 23.8 Å². The summed E-state index contributed by atoms with van der Waals surface area (Å²) in [6.07, 6.45) is 0.533. The van der Waals surface area contributed by atoms with Crippen molar-refractivity contribution in [3.05, 3.63) is 28.2 Å². The number of rotatable bonds is 5. The third kappa shape index (κ3) is 3.39. The normalized spacial score (nSPS) is 10.3. The minimum Gasteiger partial charge on any atom is -0.396 e. The lowest BCUT2D eigenvalue weighted by Crippen LogP contribution is -2.34. The molecule has 6 heteroatoms. The Bertz CT molecular complexity index is 442. The van der Waals surface area contributed by atoms with Crippen LogP contribution in [0.15, 0.2) is 16.9 Å². The number of aromatic nitrogens is 2. The number of aryl methyl sites for hydroxylation is 1. The van der Waals surface area contributed by atoms with Crippen LogP contribution in [0.2, 0.25) is 0 Å². The summed E-state index contributed by atoms with van der Waals surface area (Å²) >= 11 is 0. The van der Waals surface area contributed by atoms with E-state index in [9.17, 15) is 9.59 Å². The van der Waals surface area contributed by atoms with Crippen molar-refractivity contribution in [1.82, 2.24) is 14.7 Å². The van der Waals surface area contributed by atoms with Gasteiger partial charge in [0.15, 0.2) is 0 Å². The van der Waals surface area contributed by atoms with Crippen molar-refractivity contribution >= 4 is 5.91 Å². The molecule has 0 aromatic carbocycles. The van der Waals surface area contributed by atoms with Gasteiger partial charge >= 0.3 is 0 Å². The van der Waals surface area contributed by atoms with Crippen LogP contribution in [0, 0.1) is 0 Å². The minimum atomic E-state index is -0.250. The summed E-state index contributed by atoms with van der Waals surface area (Å²) in [6, 6.07) is 2.74. The number of amides is 1. The zero-order chi connectivity index (χ0) is 12.8. The Kier molecular flexibility index (Phi) is 4.84. The van der Waals surface area contributed by atoms with Crippen LogP contribution in [0.1, 0.15) is 23.8 Å². The molecule has 1 aromatic heterocycles. The fourth-order valence-electron chi connectivity index (χ4n) is 1.44. The predicted octanol–water partition coefficient (Wildman–Crippen LogP) is -0.375. The zero-order valence-electron chi connectivity index (χ0n) is 10.1. The number of hydrogen-bond acceptors (Lipinski definition) is 4. The molecule has 0 saturated carbocycles. The van der Waals surface area contributed by atoms with Crippen LogP contribution in [-0.2, 0) is 7.05 Å². The Morgan fingerprint density at radius 1 is 1.53 bits per heavy atom. The predicted molar refractivity (Wildman–Crippen MR) is 62.8 cm³/mol. The lowest BCUT2D eigenvalue weighted by atomic mass is 10.3. The molecule has 94 valence electrons. The van der Waals surface area contributed by atoms with Crippen molar-refractivity contribution in [2.75, 3.05) is 19.7 Å². The van der Waals surface area contributed by atoms with Crippen LogP contribution in [-0.4, -0.2) is 45.4 Å². The van der Waals surface area contributed by atoms with E-state index in [0.717, 1.165) is 4.68 Å². The van der Waals surface area contributed by atoms with E-state index in [4.69, 9.17) is 5.11 Å². The Morgan fingerprint density at radius 3 is 2.76 bits per heavy atom. The third-order valence-electron chi connectivity index (χ3n) is 2.43. The van der Waals surface area contributed by atoms with Gasteiger partial charge < -0.3 is 10.0 Å². The van der Waals surface area contributed by atoms with E-state index in [0.29, 0.717) is 19.5 Å². The van der Waals surface area contributed by atoms with Gasteiger partial charge in [-0.25, -0.2) is 4.68 Å². The molecule has 1 amide bonds. The average Bonchev–Trinajstić information content (AvgIpc) is 2.33. The van der Waals surface area contributed by atoms with Crippen LogP contribution in [0.5, 0.6) is 0 Å². The van der Waals surface area contributed by atoms with Crippen LogP contribution in [0.4, 0.5) is 0 Å². The first kappa shape index (κ1) is 13.4. The topological polar surface area (TPSA) is 75.4 Å². The van der Waals surface area contributed by atoms with E-state index < -0.39 is 0 Å². The maximum Gasteiger partial charge on any atom is 0.274 e. The van der Waals surface area contributed by atoms with Crippen LogP contribution < -0.4 is 5.56 Å². The molecule has 6 nitrogen and oxygen atoms in total. The van der Waals surface area contributed by atoms with Crippen molar-refractivity contribution in [3.63, 3.8) is 0 Å². The van der Waals surface area contributed by atoms with E-state index >= 15 is 0 Å². The van der Waals surface area contributed by atoms with Gasteiger partial charge in [0, 0.05) is 32.8 Å². The molecule has 1 N–H and O–H groups in total. The molecule has 17 heavy (non-hydrogen) atoms. The van der Waals surface area contributed by atoms with Crippen molar-refractivity contribution in [2.45, 2.75) is 13.3 Å². The fourth-order valence-corrected chi connectivity index (χ4v) is 1.44. The Morgan fingerprint density at radius 2 is 2.24 bits per heavy atom. The first-order valence-electron chi connectivity index (χ1n) is 5.54. The summed E-state index contributed by atoms with van der Waals surface area (Å²) < 4.78 is 1.13. The number of aliphatic hydroxyl groups is 1. The standard InChI is InChI=1S/C11H17N3O3/c1-3-14(7-4-8-15)11(17)9-5-6-10(16)13(2)12-9/h5-6,15H,3-4,7-8H2,1-2H3. The van der Waals surface area contributed by atoms with E-state index in [1.807, 2.05) is 6.92 Å². The summed E-state index contributed by atoms with van der Waals surface area (Å²) in [5, 5.41) is 12.6. The largest absolute Gasteiger partial charge is 0.396 e. The Hall–Kier alpha value is -1.69. The molecule has 0 fully saturated rings. The quantitative estimate of drug-likeness (QED) is 0.760. The van der Waals surface area contributed by atoms with Gasteiger partial charge in [-0.15, -0.1) is 0 Å². The van der Waals surface area contributed by atoms with Crippen molar-refractivity contribution in [2.24, 2.45) is 7.05 Å². The number of hydrogen-bond donors (Lipinski definition) is 1. The lowest BCUT2D eigenvalue weighted by molar-refractivity contribution is 0.0745. The van der Waals surface area contributed by atoms with Crippen molar-refractivity contribution in [3.8, 4) is 0 Å². The number of carbonyl (C=O) groups is 1. The fraction of sp³-hybridized carbons (Fsp3) is 0.545. The van der Waals surface area contributed by atoms with Gasteiger partial charge in [-0.3, -0.25) is 9.59 Å². The molecule has 0 aliphatic rings.